The van der Waals surface area contributed by atoms with Crippen molar-refractivity contribution in [1.82, 2.24) is 0 Å². The number of aryl methyl sites for hydroxylation is 3. The highest BCUT2D eigenvalue weighted by atomic mass is 31.2. The molecule has 0 bridgehead atoms. The Hall–Kier alpha value is -0.510. The molecule has 0 aliphatic heterocycles. The monoisotopic (exact) mass is 468 g/mol. The second kappa shape index (κ2) is 16.2. The molecule has 1 aromatic rings. The maximum absolute atomic E-state index is 12.0. The summed E-state index contributed by atoms with van der Waals surface area (Å²) in [6, 6.07) is 4.68. The summed E-state index contributed by atoms with van der Waals surface area (Å²) in [7, 11) is -2.44. The van der Waals surface area contributed by atoms with Crippen LogP contribution in [0, 0.1) is 5.41 Å². The maximum atomic E-state index is 12.0. The first-order chi connectivity index (χ1) is 15.4. The molecule has 0 aliphatic rings. The number of hydrogen-bond acceptors (Lipinski definition) is 4. The van der Waals surface area contributed by atoms with E-state index >= 15 is 0 Å². The molecule has 1 rings (SSSR count). The predicted molar refractivity (Wildman–Crippen MR) is 137 cm³/mol. The van der Waals surface area contributed by atoms with E-state index in [1.807, 2.05) is 0 Å². The zero-order valence-corrected chi connectivity index (χ0v) is 22.2. The Morgan fingerprint density at radius 2 is 1.31 bits per heavy atom. The van der Waals surface area contributed by atoms with Crippen LogP contribution in [0.25, 0.3) is 0 Å². The molecule has 0 aromatic heterocycles. The van der Waals surface area contributed by atoms with E-state index < -0.39 is 20.1 Å². The van der Waals surface area contributed by atoms with Gasteiger partial charge in [-0.2, -0.15) is 0 Å². The van der Waals surface area contributed by atoms with Crippen LogP contribution in [0.4, 0.5) is 0 Å². The van der Waals surface area contributed by atoms with Gasteiger partial charge in [-0.1, -0.05) is 78.9 Å². The Balaban J connectivity index is 3.56. The number of hydrogen-bond donors (Lipinski definition) is 3. The summed E-state index contributed by atoms with van der Waals surface area (Å²) in [5.74, 6) is 0. The number of aliphatic hydroxyl groups is 1. The molecule has 2 atom stereocenters. The summed E-state index contributed by atoms with van der Waals surface area (Å²) >= 11 is 0. The topological polar surface area (TPSA) is 69.9 Å². The van der Waals surface area contributed by atoms with E-state index in [1.165, 1.54) is 29.5 Å². The SMILES string of the molecule is CCCCc1cc(CCCC)c(C(O)C(CC)(CCCC)COP(O)O)c(CCCC)c1. The van der Waals surface area contributed by atoms with Gasteiger partial charge in [0.2, 0.25) is 0 Å². The van der Waals surface area contributed by atoms with Crippen LogP contribution in [0.1, 0.15) is 127 Å². The molecule has 186 valence electrons. The molecule has 0 radical (unpaired) electrons. The van der Waals surface area contributed by atoms with E-state index in [2.05, 4.69) is 46.8 Å². The van der Waals surface area contributed by atoms with E-state index in [0.717, 1.165) is 76.2 Å². The predicted octanol–water partition coefficient (Wildman–Crippen LogP) is 7.56. The van der Waals surface area contributed by atoms with Gasteiger partial charge in [0.15, 0.2) is 0 Å². The third-order valence-corrected chi connectivity index (χ3v) is 7.24. The van der Waals surface area contributed by atoms with Crippen LogP contribution in [-0.2, 0) is 23.8 Å². The van der Waals surface area contributed by atoms with Crippen LogP contribution >= 0.6 is 8.60 Å². The molecule has 0 spiro atoms. The molecule has 32 heavy (non-hydrogen) atoms. The van der Waals surface area contributed by atoms with Crippen LogP contribution in [0.2, 0.25) is 0 Å². The number of aliphatic hydroxyl groups excluding tert-OH is 1. The Kier molecular flexibility index (Phi) is 14.9. The van der Waals surface area contributed by atoms with Crippen LogP contribution in [-0.4, -0.2) is 21.5 Å². The van der Waals surface area contributed by atoms with Crippen molar-refractivity contribution in [3.63, 3.8) is 0 Å². The minimum Gasteiger partial charge on any atom is -0.388 e. The summed E-state index contributed by atoms with van der Waals surface area (Å²) < 4.78 is 5.37. The molecule has 0 fully saturated rings. The third kappa shape index (κ3) is 9.03. The first kappa shape index (κ1) is 29.5. The highest BCUT2D eigenvalue weighted by Crippen LogP contribution is 2.47. The molecule has 0 aliphatic carbocycles. The van der Waals surface area contributed by atoms with Gasteiger partial charge in [0.1, 0.15) is 0 Å². The van der Waals surface area contributed by atoms with Gasteiger partial charge in [-0.25, -0.2) is 0 Å². The van der Waals surface area contributed by atoms with Crippen molar-refractivity contribution in [3.05, 3.63) is 34.4 Å². The fourth-order valence-corrected chi connectivity index (χ4v) is 5.03. The lowest BCUT2D eigenvalue weighted by Crippen LogP contribution is -2.34. The van der Waals surface area contributed by atoms with Crippen LogP contribution in [0.15, 0.2) is 12.1 Å². The fourth-order valence-electron chi connectivity index (χ4n) is 4.66. The molecule has 0 heterocycles. The molecular formula is C27H49O4P. The standard InChI is InChI=1S/C27H49O4P/c1-6-11-15-22-19-23(16-12-7-2)25(24(20-22)17-13-8-3)26(28)27(10-5,18-14-9-4)21-31-32(29)30/h19-20,26,28-30H,6-18,21H2,1-5H3. The maximum Gasteiger partial charge on any atom is 0.327 e. The molecule has 0 amide bonds. The molecule has 2 unspecified atom stereocenters. The van der Waals surface area contributed by atoms with Crippen LogP contribution in [0.3, 0.4) is 0 Å². The number of rotatable bonds is 18. The van der Waals surface area contributed by atoms with Crippen molar-refractivity contribution in [2.75, 3.05) is 6.61 Å². The number of unbranched alkanes of at least 4 members (excludes halogenated alkanes) is 4. The fraction of sp³-hybridized carbons (Fsp3) is 0.778. The largest absolute Gasteiger partial charge is 0.388 e. The van der Waals surface area contributed by atoms with Crippen LogP contribution < -0.4 is 0 Å². The van der Waals surface area contributed by atoms with E-state index in [-0.39, 0.29) is 6.61 Å². The Labute approximate surface area is 198 Å². The summed E-state index contributed by atoms with van der Waals surface area (Å²) in [4.78, 5) is 18.9. The summed E-state index contributed by atoms with van der Waals surface area (Å²) in [6.07, 6.45) is 12.7. The highest BCUT2D eigenvalue weighted by molar-refractivity contribution is 7.39. The quantitative estimate of drug-likeness (QED) is 0.194. The van der Waals surface area contributed by atoms with Gasteiger partial charge >= 0.3 is 8.60 Å². The van der Waals surface area contributed by atoms with Gasteiger partial charge in [0.25, 0.3) is 0 Å². The molecule has 0 saturated heterocycles. The van der Waals surface area contributed by atoms with E-state index in [9.17, 15) is 14.9 Å². The minimum absolute atomic E-state index is 0.168. The lowest BCUT2D eigenvalue weighted by molar-refractivity contribution is -0.0263. The van der Waals surface area contributed by atoms with E-state index in [0.29, 0.717) is 0 Å². The lowest BCUT2D eigenvalue weighted by Gasteiger charge is -2.39. The van der Waals surface area contributed by atoms with E-state index in [4.69, 9.17) is 4.52 Å². The van der Waals surface area contributed by atoms with Crippen molar-refractivity contribution in [3.8, 4) is 0 Å². The number of benzene rings is 1. The van der Waals surface area contributed by atoms with Crippen molar-refractivity contribution in [2.24, 2.45) is 5.41 Å². The lowest BCUT2D eigenvalue weighted by atomic mass is 9.71. The molecule has 4 nitrogen and oxygen atoms in total. The second-order valence-electron chi connectivity index (χ2n) is 9.39. The molecule has 3 N–H and O–H groups in total. The first-order valence-electron chi connectivity index (χ1n) is 13.0. The average molecular weight is 469 g/mol. The summed E-state index contributed by atoms with van der Waals surface area (Å²) in [5, 5.41) is 12.0. The van der Waals surface area contributed by atoms with Gasteiger partial charge in [-0.15, -0.1) is 0 Å². The van der Waals surface area contributed by atoms with Gasteiger partial charge < -0.3 is 19.4 Å². The van der Waals surface area contributed by atoms with Crippen molar-refractivity contribution >= 4 is 8.60 Å². The van der Waals surface area contributed by atoms with E-state index in [1.54, 1.807) is 0 Å². The van der Waals surface area contributed by atoms with Crippen LogP contribution in [0.5, 0.6) is 0 Å². The first-order valence-corrected chi connectivity index (χ1v) is 14.2. The van der Waals surface area contributed by atoms with Gasteiger partial charge in [0.05, 0.1) is 12.7 Å². The second-order valence-corrected chi connectivity index (χ2v) is 10.2. The normalized spacial score (nSPS) is 14.7. The Morgan fingerprint density at radius 1 is 0.812 bits per heavy atom. The third-order valence-electron chi connectivity index (χ3n) is 6.88. The minimum atomic E-state index is -2.44. The van der Waals surface area contributed by atoms with Crippen molar-refractivity contribution < 1.29 is 19.4 Å². The zero-order chi connectivity index (χ0) is 24.0. The van der Waals surface area contributed by atoms with Gasteiger partial charge in [-0.3, -0.25) is 0 Å². The Morgan fingerprint density at radius 3 is 1.75 bits per heavy atom. The summed E-state index contributed by atoms with van der Waals surface area (Å²) in [6.45, 7) is 11.1. The molecular weight excluding hydrogens is 419 g/mol. The molecule has 1 aromatic carbocycles. The van der Waals surface area contributed by atoms with Crippen molar-refractivity contribution in [1.29, 1.82) is 0 Å². The smallest absolute Gasteiger partial charge is 0.327 e. The van der Waals surface area contributed by atoms with Crippen molar-refractivity contribution in [2.45, 2.75) is 124 Å². The Bertz CT molecular complexity index is 605. The summed E-state index contributed by atoms with van der Waals surface area (Å²) in [5.41, 5.74) is 4.52. The highest BCUT2D eigenvalue weighted by Gasteiger charge is 2.39. The zero-order valence-electron chi connectivity index (χ0n) is 21.3. The van der Waals surface area contributed by atoms with Gasteiger partial charge in [-0.05, 0) is 73.6 Å². The average Bonchev–Trinajstić information content (AvgIpc) is 2.79. The molecule has 5 heteroatoms. The van der Waals surface area contributed by atoms with Gasteiger partial charge in [0, 0.05) is 5.41 Å². The molecule has 0 saturated carbocycles.